The van der Waals surface area contributed by atoms with E-state index in [1.165, 1.54) is 6.08 Å². The molecule has 1 rings (SSSR count). The molecule has 0 saturated heterocycles. The van der Waals surface area contributed by atoms with Crippen LogP contribution in [0.5, 0.6) is 0 Å². The Balaban J connectivity index is 2.97. The van der Waals surface area contributed by atoms with E-state index in [0.717, 1.165) is 5.56 Å². The van der Waals surface area contributed by atoms with E-state index in [1.54, 1.807) is 24.3 Å². The Labute approximate surface area is 80.6 Å². The van der Waals surface area contributed by atoms with Crippen molar-refractivity contribution in [1.82, 2.24) is 0 Å². The van der Waals surface area contributed by atoms with Crippen LogP contribution in [0, 0.1) is 0 Å². The Morgan fingerprint density at radius 3 is 2.33 bits per heavy atom. The summed E-state index contributed by atoms with van der Waals surface area (Å²) in [6.45, 7) is 0. The van der Waals surface area contributed by atoms with Crippen molar-refractivity contribution >= 4 is 34.5 Å². The maximum absolute atomic E-state index is 10.1. The van der Waals surface area contributed by atoms with Crippen molar-refractivity contribution in [2.24, 2.45) is 0 Å². The molecule has 1 nitrogen and oxygen atoms in total. The Hall–Kier alpha value is -0.790. The highest BCUT2D eigenvalue weighted by atomic mass is 35.5. The number of hydrogen-bond donors (Lipinski definition) is 0. The number of aldehydes is 1. The van der Waals surface area contributed by atoms with Crippen molar-refractivity contribution in [3.8, 4) is 0 Å². The summed E-state index contributed by atoms with van der Waals surface area (Å²) in [6, 6.07) is 6.95. The van der Waals surface area contributed by atoms with Crippen molar-refractivity contribution in [1.29, 1.82) is 0 Å². The standard InChI is InChI=1S/C9H6Cl2O/c10-8-3-1-7(2-4-8)9(11)5-6-12/h1-6H/b9-5+. The van der Waals surface area contributed by atoms with Crippen LogP contribution in [-0.4, -0.2) is 6.29 Å². The van der Waals surface area contributed by atoms with Gasteiger partial charge in [0.1, 0.15) is 6.29 Å². The van der Waals surface area contributed by atoms with Crippen molar-refractivity contribution in [2.75, 3.05) is 0 Å². The van der Waals surface area contributed by atoms with Crippen LogP contribution in [0.25, 0.3) is 5.03 Å². The number of benzene rings is 1. The smallest absolute Gasteiger partial charge is 0.144 e. The minimum atomic E-state index is 0.418. The molecular formula is C9H6Cl2O. The Kier molecular flexibility index (Phi) is 3.32. The van der Waals surface area contributed by atoms with Crippen molar-refractivity contribution in [2.45, 2.75) is 0 Å². The van der Waals surface area contributed by atoms with Gasteiger partial charge in [-0.05, 0) is 23.8 Å². The summed E-state index contributed by atoms with van der Waals surface area (Å²) >= 11 is 11.4. The first-order valence-electron chi connectivity index (χ1n) is 3.31. The number of hydrogen-bond acceptors (Lipinski definition) is 1. The minimum absolute atomic E-state index is 0.418. The van der Waals surface area contributed by atoms with E-state index in [2.05, 4.69) is 0 Å². The molecule has 0 aliphatic rings. The highest BCUT2D eigenvalue weighted by Crippen LogP contribution is 2.19. The highest BCUT2D eigenvalue weighted by molar-refractivity contribution is 6.49. The van der Waals surface area contributed by atoms with Gasteiger partial charge in [-0.3, -0.25) is 4.79 Å². The third-order valence-electron chi connectivity index (χ3n) is 1.33. The van der Waals surface area contributed by atoms with Gasteiger partial charge in [0.25, 0.3) is 0 Å². The number of allylic oxidation sites excluding steroid dienone is 1. The summed E-state index contributed by atoms with van der Waals surface area (Å²) in [5, 5.41) is 1.07. The fourth-order valence-corrected chi connectivity index (χ4v) is 1.07. The van der Waals surface area contributed by atoms with Gasteiger partial charge in [0.15, 0.2) is 0 Å². The zero-order valence-corrected chi connectivity index (χ0v) is 7.64. The van der Waals surface area contributed by atoms with Gasteiger partial charge >= 0.3 is 0 Å². The molecule has 1 aromatic rings. The second kappa shape index (κ2) is 4.29. The quantitative estimate of drug-likeness (QED) is 0.530. The maximum atomic E-state index is 10.1. The number of carbonyl (C=O) groups is 1. The Morgan fingerprint density at radius 2 is 1.83 bits per heavy atom. The van der Waals surface area contributed by atoms with Crippen LogP contribution in [0.1, 0.15) is 5.56 Å². The fourth-order valence-electron chi connectivity index (χ4n) is 0.765. The van der Waals surface area contributed by atoms with Gasteiger partial charge in [-0.15, -0.1) is 0 Å². The molecule has 3 heteroatoms. The first kappa shape index (κ1) is 9.30. The van der Waals surface area contributed by atoms with E-state index in [4.69, 9.17) is 23.2 Å². The zero-order valence-electron chi connectivity index (χ0n) is 6.13. The predicted molar refractivity (Wildman–Crippen MR) is 51.3 cm³/mol. The molecule has 0 aromatic heterocycles. The van der Waals surface area contributed by atoms with Crippen LogP contribution in [0.4, 0.5) is 0 Å². The minimum Gasteiger partial charge on any atom is -0.299 e. The predicted octanol–water partition coefficient (Wildman–Crippen LogP) is 3.12. The summed E-state index contributed by atoms with van der Waals surface area (Å²) in [5.74, 6) is 0. The SMILES string of the molecule is O=C/C=C(/Cl)c1ccc(Cl)cc1. The molecule has 0 amide bonds. The van der Waals surface area contributed by atoms with E-state index < -0.39 is 0 Å². The van der Waals surface area contributed by atoms with Crippen LogP contribution >= 0.6 is 23.2 Å². The molecule has 0 heterocycles. The van der Waals surface area contributed by atoms with Crippen LogP contribution < -0.4 is 0 Å². The van der Waals surface area contributed by atoms with Gasteiger partial charge in [0, 0.05) is 5.02 Å². The van der Waals surface area contributed by atoms with Gasteiger partial charge in [0.05, 0.1) is 5.03 Å². The molecule has 62 valence electrons. The van der Waals surface area contributed by atoms with E-state index in [1.807, 2.05) is 0 Å². The molecule has 0 radical (unpaired) electrons. The van der Waals surface area contributed by atoms with Gasteiger partial charge in [-0.25, -0.2) is 0 Å². The van der Waals surface area contributed by atoms with Crippen LogP contribution in [-0.2, 0) is 4.79 Å². The molecule has 0 spiro atoms. The second-order valence-corrected chi connectivity index (χ2v) is 3.00. The lowest BCUT2D eigenvalue weighted by Crippen LogP contribution is -1.76. The summed E-state index contributed by atoms with van der Waals surface area (Å²) in [4.78, 5) is 10.1. The van der Waals surface area contributed by atoms with E-state index in [-0.39, 0.29) is 0 Å². The molecule has 0 atom stereocenters. The second-order valence-electron chi connectivity index (χ2n) is 2.16. The summed E-state index contributed by atoms with van der Waals surface area (Å²) in [6.07, 6.45) is 1.95. The molecule has 0 fully saturated rings. The molecule has 1 aromatic carbocycles. The average molecular weight is 201 g/mol. The Bertz CT molecular complexity index is 301. The van der Waals surface area contributed by atoms with E-state index >= 15 is 0 Å². The first-order valence-corrected chi connectivity index (χ1v) is 4.06. The van der Waals surface area contributed by atoms with Gasteiger partial charge in [-0.1, -0.05) is 35.3 Å². The number of rotatable bonds is 2. The summed E-state index contributed by atoms with van der Waals surface area (Å²) in [7, 11) is 0. The summed E-state index contributed by atoms with van der Waals surface area (Å²) < 4.78 is 0. The summed E-state index contributed by atoms with van der Waals surface area (Å²) in [5.41, 5.74) is 0.785. The van der Waals surface area contributed by atoms with Gasteiger partial charge in [0.2, 0.25) is 0 Å². The van der Waals surface area contributed by atoms with Crippen LogP contribution in [0.3, 0.4) is 0 Å². The molecule has 0 N–H and O–H groups in total. The molecule has 0 aliphatic heterocycles. The zero-order chi connectivity index (χ0) is 8.97. The van der Waals surface area contributed by atoms with Crippen molar-refractivity contribution in [3.63, 3.8) is 0 Å². The van der Waals surface area contributed by atoms with Gasteiger partial charge < -0.3 is 0 Å². The van der Waals surface area contributed by atoms with Crippen molar-refractivity contribution < 1.29 is 4.79 Å². The highest BCUT2D eigenvalue weighted by Gasteiger charge is 1.95. The van der Waals surface area contributed by atoms with Gasteiger partial charge in [-0.2, -0.15) is 0 Å². The average Bonchev–Trinajstić information content (AvgIpc) is 2.06. The maximum Gasteiger partial charge on any atom is 0.144 e. The van der Waals surface area contributed by atoms with Crippen LogP contribution in [0.15, 0.2) is 30.3 Å². The lowest BCUT2D eigenvalue weighted by Gasteiger charge is -1.96. The Morgan fingerprint density at radius 1 is 1.25 bits per heavy atom. The lowest BCUT2D eigenvalue weighted by atomic mass is 10.2. The molecular weight excluding hydrogens is 195 g/mol. The molecule has 0 aliphatic carbocycles. The molecule has 12 heavy (non-hydrogen) atoms. The lowest BCUT2D eigenvalue weighted by molar-refractivity contribution is -0.104. The molecule has 0 bridgehead atoms. The largest absolute Gasteiger partial charge is 0.299 e. The topological polar surface area (TPSA) is 17.1 Å². The number of halogens is 2. The normalized spacial score (nSPS) is 11.3. The third kappa shape index (κ3) is 2.36. The van der Waals surface area contributed by atoms with E-state index in [0.29, 0.717) is 16.3 Å². The molecule has 0 unspecified atom stereocenters. The van der Waals surface area contributed by atoms with E-state index in [9.17, 15) is 4.79 Å². The first-order chi connectivity index (χ1) is 5.74. The molecule has 0 saturated carbocycles. The monoisotopic (exact) mass is 200 g/mol. The third-order valence-corrected chi connectivity index (χ3v) is 1.93. The van der Waals surface area contributed by atoms with Crippen LogP contribution in [0.2, 0.25) is 5.02 Å². The number of carbonyl (C=O) groups excluding carboxylic acids is 1. The fraction of sp³-hybridized carbons (Fsp3) is 0. The van der Waals surface area contributed by atoms with Crippen molar-refractivity contribution in [3.05, 3.63) is 40.9 Å².